The summed E-state index contributed by atoms with van der Waals surface area (Å²) in [6, 6.07) is 1.55. The topological polar surface area (TPSA) is 15.3 Å². The molecule has 3 unspecified atom stereocenters. The number of nitrogens with zero attached hydrogens (tertiary/aromatic N) is 1. The molecule has 2 aliphatic rings. The van der Waals surface area contributed by atoms with E-state index in [4.69, 9.17) is 0 Å². The molecule has 2 aliphatic heterocycles. The third-order valence-electron chi connectivity index (χ3n) is 2.87. The summed E-state index contributed by atoms with van der Waals surface area (Å²) in [5, 5.41) is 3.60. The molecule has 0 aliphatic carbocycles. The molecule has 2 nitrogen and oxygen atoms in total. The largest absolute Gasteiger partial charge is 0.310 e. The Bertz CT molecular complexity index is 130. The van der Waals surface area contributed by atoms with Gasteiger partial charge >= 0.3 is 0 Å². The minimum Gasteiger partial charge on any atom is -0.310 e. The van der Waals surface area contributed by atoms with Crippen LogP contribution in [0.4, 0.5) is 0 Å². The zero-order chi connectivity index (χ0) is 7.14. The van der Waals surface area contributed by atoms with Crippen molar-refractivity contribution in [1.29, 1.82) is 0 Å². The first-order chi connectivity index (χ1) is 4.75. The molecular formula is C8H16N2. The molecule has 0 amide bonds. The summed E-state index contributed by atoms with van der Waals surface area (Å²) in [7, 11) is 2.22. The van der Waals surface area contributed by atoms with E-state index in [0.29, 0.717) is 0 Å². The van der Waals surface area contributed by atoms with Gasteiger partial charge in [0.05, 0.1) is 0 Å². The summed E-state index contributed by atoms with van der Waals surface area (Å²) in [5.74, 6) is 0.920. The van der Waals surface area contributed by atoms with Crippen LogP contribution in [0.3, 0.4) is 0 Å². The first-order valence-corrected chi connectivity index (χ1v) is 4.20. The van der Waals surface area contributed by atoms with Gasteiger partial charge in [-0.05, 0) is 26.3 Å². The van der Waals surface area contributed by atoms with Crippen LogP contribution in [0.2, 0.25) is 0 Å². The molecule has 2 heterocycles. The van der Waals surface area contributed by atoms with Crippen LogP contribution in [-0.4, -0.2) is 37.1 Å². The Morgan fingerprint density at radius 3 is 2.90 bits per heavy atom. The van der Waals surface area contributed by atoms with Crippen LogP contribution in [0, 0.1) is 5.92 Å². The molecule has 2 bridgehead atoms. The molecule has 10 heavy (non-hydrogen) atoms. The Morgan fingerprint density at radius 2 is 2.20 bits per heavy atom. The maximum atomic E-state index is 3.60. The summed E-state index contributed by atoms with van der Waals surface area (Å²) < 4.78 is 0. The van der Waals surface area contributed by atoms with Crippen LogP contribution in [0.25, 0.3) is 0 Å². The van der Waals surface area contributed by atoms with Crippen LogP contribution in [-0.2, 0) is 0 Å². The lowest BCUT2D eigenvalue weighted by molar-refractivity contribution is 0.226. The Hall–Kier alpha value is -0.0800. The average molecular weight is 140 g/mol. The molecule has 3 atom stereocenters. The SMILES string of the molecule is CC1NC2CC1CN(C)C2. The minimum absolute atomic E-state index is 0.759. The maximum Gasteiger partial charge on any atom is 0.0201 e. The second-order valence-electron chi connectivity index (χ2n) is 3.87. The second kappa shape index (κ2) is 2.21. The van der Waals surface area contributed by atoms with Gasteiger partial charge in [-0.2, -0.15) is 0 Å². The van der Waals surface area contributed by atoms with Crippen molar-refractivity contribution in [3.05, 3.63) is 0 Å². The summed E-state index contributed by atoms with van der Waals surface area (Å²) in [6.07, 6.45) is 1.41. The zero-order valence-electron chi connectivity index (χ0n) is 6.80. The van der Waals surface area contributed by atoms with Gasteiger partial charge in [0, 0.05) is 25.2 Å². The summed E-state index contributed by atoms with van der Waals surface area (Å²) >= 11 is 0. The van der Waals surface area contributed by atoms with Crippen molar-refractivity contribution >= 4 is 0 Å². The molecule has 2 saturated heterocycles. The van der Waals surface area contributed by atoms with Crippen molar-refractivity contribution in [1.82, 2.24) is 10.2 Å². The lowest BCUT2D eigenvalue weighted by Gasteiger charge is -2.27. The molecule has 0 spiro atoms. The van der Waals surface area contributed by atoms with Gasteiger partial charge in [0.2, 0.25) is 0 Å². The van der Waals surface area contributed by atoms with E-state index in [2.05, 4.69) is 24.2 Å². The molecule has 2 rings (SSSR count). The number of rotatable bonds is 0. The van der Waals surface area contributed by atoms with Crippen molar-refractivity contribution in [3.63, 3.8) is 0 Å². The molecule has 58 valence electrons. The van der Waals surface area contributed by atoms with E-state index >= 15 is 0 Å². The van der Waals surface area contributed by atoms with E-state index in [9.17, 15) is 0 Å². The van der Waals surface area contributed by atoms with Crippen LogP contribution in [0.5, 0.6) is 0 Å². The molecule has 0 radical (unpaired) electrons. The van der Waals surface area contributed by atoms with Gasteiger partial charge < -0.3 is 10.2 Å². The van der Waals surface area contributed by atoms with Gasteiger partial charge in [0.1, 0.15) is 0 Å². The zero-order valence-corrected chi connectivity index (χ0v) is 6.80. The Kier molecular flexibility index (Phi) is 1.46. The fourth-order valence-corrected chi connectivity index (χ4v) is 2.36. The number of piperidine rings is 1. The van der Waals surface area contributed by atoms with Crippen molar-refractivity contribution in [2.45, 2.75) is 25.4 Å². The van der Waals surface area contributed by atoms with Crippen LogP contribution in [0.1, 0.15) is 13.3 Å². The normalized spacial score (nSPS) is 48.0. The lowest BCUT2D eigenvalue weighted by atomic mass is 9.96. The fraction of sp³-hybridized carbons (Fsp3) is 1.00. The van der Waals surface area contributed by atoms with Crippen molar-refractivity contribution < 1.29 is 0 Å². The lowest BCUT2D eigenvalue weighted by Crippen LogP contribution is -2.38. The molecule has 0 aromatic rings. The number of likely N-dealkylation sites (tertiary alicyclic amines) is 1. The van der Waals surface area contributed by atoms with Crippen LogP contribution >= 0.6 is 0 Å². The Labute approximate surface area is 62.6 Å². The number of hydrogen-bond donors (Lipinski definition) is 1. The smallest absolute Gasteiger partial charge is 0.0201 e. The Balaban J connectivity index is 2.06. The first-order valence-electron chi connectivity index (χ1n) is 4.20. The highest BCUT2D eigenvalue weighted by molar-refractivity contribution is 4.94. The van der Waals surface area contributed by atoms with Crippen molar-refractivity contribution in [2.75, 3.05) is 20.1 Å². The summed E-state index contributed by atoms with van der Waals surface area (Å²) in [4.78, 5) is 2.44. The van der Waals surface area contributed by atoms with Crippen LogP contribution < -0.4 is 5.32 Å². The van der Waals surface area contributed by atoms with E-state index in [1.54, 1.807) is 0 Å². The van der Waals surface area contributed by atoms with Crippen molar-refractivity contribution in [2.24, 2.45) is 5.92 Å². The molecule has 0 aromatic carbocycles. The molecule has 2 fully saturated rings. The third-order valence-corrected chi connectivity index (χ3v) is 2.87. The van der Waals surface area contributed by atoms with E-state index in [-0.39, 0.29) is 0 Å². The van der Waals surface area contributed by atoms with Gasteiger partial charge in [0.15, 0.2) is 0 Å². The third kappa shape index (κ3) is 0.956. The molecule has 1 N–H and O–H groups in total. The monoisotopic (exact) mass is 140 g/mol. The number of nitrogens with one attached hydrogen (secondary N) is 1. The second-order valence-corrected chi connectivity index (χ2v) is 3.87. The highest BCUT2D eigenvalue weighted by Crippen LogP contribution is 2.25. The Morgan fingerprint density at radius 1 is 1.40 bits per heavy atom. The number of likely N-dealkylation sites (N-methyl/N-ethyl adjacent to an activating group) is 1. The van der Waals surface area contributed by atoms with E-state index in [0.717, 1.165) is 18.0 Å². The number of fused-ring (bicyclic) bond motifs is 2. The standard InChI is InChI=1S/C8H16N2/c1-6-7-3-8(9-6)5-10(2)4-7/h6-9H,3-5H2,1-2H3. The maximum absolute atomic E-state index is 3.60. The molecule has 0 aromatic heterocycles. The van der Waals surface area contributed by atoms with Crippen LogP contribution in [0.15, 0.2) is 0 Å². The fourth-order valence-electron chi connectivity index (χ4n) is 2.36. The molecular weight excluding hydrogens is 124 g/mol. The van der Waals surface area contributed by atoms with E-state index < -0.39 is 0 Å². The van der Waals surface area contributed by atoms with Gasteiger partial charge in [-0.15, -0.1) is 0 Å². The van der Waals surface area contributed by atoms with Gasteiger partial charge in [-0.25, -0.2) is 0 Å². The van der Waals surface area contributed by atoms with E-state index in [1.807, 2.05) is 0 Å². The quantitative estimate of drug-likeness (QED) is 0.520. The minimum atomic E-state index is 0.759. The highest BCUT2D eigenvalue weighted by Gasteiger charge is 2.35. The predicted octanol–water partition coefficient (Wildman–Crippen LogP) is 0.298. The van der Waals surface area contributed by atoms with Gasteiger partial charge in [-0.1, -0.05) is 0 Å². The predicted molar refractivity (Wildman–Crippen MR) is 42.0 cm³/mol. The van der Waals surface area contributed by atoms with Crippen molar-refractivity contribution in [3.8, 4) is 0 Å². The highest BCUT2D eigenvalue weighted by atomic mass is 15.2. The van der Waals surface area contributed by atoms with E-state index in [1.165, 1.54) is 19.5 Å². The average Bonchev–Trinajstić information content (AvgIpc) is 2.07. The molecule has 2 heteroatoms. The summed E-state index contributed by atoms with van der Waals surface area (Å²) in [6.45, 7) is 4.86. The van der Waals surface area contributed by atoms with Gasteiger partial charge in [0.25, 0.3) is 0 Å². The van der Waals surface area contributed by atoms with Gasteiger partial charge in [-0.3, -0.25) is 0 Å². The number of hydrogen-bond acceptors (Lipinski definition) is 2. The molecule has 0 saturated carbocycles. The summed E-state index contributed by atoms with van der Waals surface area (Å²) in [5.41, 5.74) is 0. The first kappa shape index (κ1) is 6.62.